The monoisotopic (exact) mass is 452 g/mol. The van der Waals surface area contributed by atoms with Crippen molar-refractivity contribution in [3.8, 4) is 0 Å². The molecule has 0 aromatic heterocycles. The van der Waals surface area contributed by atoms with Gasteiger partial charge < -0.3 is 0 Å². The van der Waals surface area contributed by atoms with Crippen molar-refractivity contribution in [2.75, 3.05) is 0 Å². The van der Waals surface area contributed by atoms with E-state index in [1.165, 1.54) is 39.0 Å². The third kappa shape index (κ3) is 8.17. The highest BCUT2D eigenvalue weighted by Crippen LogP contribution is 2.35. The summed E-state index contributed by atoms with van der Waals surface area (Å²) >= 11 is 0. The molecule has 0 radical (unpaired) electrons. The first-order chi connectivity index (χ1) is 16.0. The molecular weight excluding hydrogens is 408 g/mol. The molecule has 0 saturated carbocycles. The van der Waals surface area contributed by atoms with Crippen molar-refractivity contribution >= 4 is 12.2 Å². The Bertz CT molecular complexity index is 1090. The zero-order valence-corrected chi connectivity index (χ0v) is 22.7. The van der Waals surface area contributed by atoms with Crippen LogP contribution in [0.25, 0.3) is 12.2 Å². The summed E-state index contributed by atoms with van der Waals surface area (Å²) in [6.07, 6.45) is 15.3. The minimum absolute atomic E-state index is 0.180. The van der Waals surface area contributed by atoms with Crippen LogP contribution in [-0.4, -0.2) is 0 Å². The van der Waals surface area contributed by atoms with Gasteiger partial charge in [-0.1, -0.05) is 119 Å². The molecule has 0 bridgehead atoms. The average molecular weight is 453 g/mol. The third-order valence-corrected chi connectivity index (χ3v) is 6.51. The van der Waals surface area contributed by atoms with Gasteiger partial charge in [0.1, 0.15) is 0 Å². The molecule has 1 unspecified atom stereocenters. The van der Waals surface area contributed by atoms with Gasteiger partial charge in [0.05, 0.1) is 0 Å². The molecule has 0 aliphatic heterocycles. The van der Waals surface area contributed by atoms with E-state index < -0.39 is 0 Å². The minimum Gasteiger partial charge on any atom is -0.0918 e. The molecule has 0 N–H and O–H groups in total. The molecule has 0 aliphatic rings. The predicted octanol–water partition coefficient (Wildman–Crippen LogP) is 10.4. The molecule has 0 aliphatic carbocycles. The van der Waals surface area contributed by atoms with Crippen LogP contribution in [0.5, 0.6) is 0 Å². The Morgan fingerprint density at radius 2 is 1.65 bits per heavy atom. The van der Waals surface area contributed by atoms with E-state index in [0.29, 0.717) is 5.92 Å². The van der Waals surface area contributed by atoms with Crippen LogP contribution >= 0.6 is 0 Å². The van der Waals surface area contributed by atoms with Crippen LogP contribution in [0.4, 0.5) is 0 Å². The molecule has 0 saturated heterocycles. The molecule has 2 aromatic rings. The summed E-state index contributed by atoms with van der Waals surface area (Å²) in [5, 5.41) is 0. The topological polar surface area (TPSA) is 0 Å². The molecule has 0 heterocycles. The summed E-state index contributed by atoms with van der Waals surface area (Å²) in [5.41, 5.74) is 10.6. The van der Waals surface area contributed by atoms with Crippen LogP contribution in [0.15, 0.2) is 90.1 Å². The van der Waals surface area contributed by atoms with E-state index in [9.17, 15) is 0 Å². The van der Waals surface area contributed by atoms with Crippen LogP contribution < -0.4 is 0 Å². The Balaban J connectivity index is 2.04. The molecule has 0 amide bonds. The number of hydrogen-bond donors (Lipinski definition) is 0. The van der Waals surface area contributed by atoms with E-state index in [1.807, 2.05) is 0 Å². The predicted molar refractivity (Wildman–Crippen MR) is 154 cm³/mol. The minimum atomic E-state index is 0.180. The molecule has 34 heavy (non-hydrogen) atoms. The smallest absolute Gasteiger partial charge is 0.0133 e. The van der Waals surface area contributed by atoms with E-state index in [0.717, 1.165) is 18.4 Å². The van der Waals surface area contributed by atoms with Gasteiger partial charge in [-0.25, -0.2) is 0 Å². The summed E-state index contributed by atoms with van der Waals surface area (Å²) in [7, 11) is 0. The highest BCUT2D eigenvalue weighted by molar-refractivity contribution is 5.61. The molecule has 2 aromatic carbocycles. The number of benzene rings is 2. The fourth-order valence-corrected chi connectivity index (χ4v) is 4.51. The number of aryl methyl sites for hydroxylation is 2. The SMILES string of the molecule is C=C(/C=C\c1ccc(C)cc1C)/C=C/c1cccc(C(C)CCC(=C/C)/C(=C\C)C(C)(C)C)c1. The average Bonchev–Trinajstić information content (AvgIpc) is 2.78. The summed E-state index contributed by atoms with van der Waals surface area (Å²) in [6.45, 7) is 22.1. The molecule has 0 heteroatoms. The molecule has 2 rings (SSSR count). The first-order valence-electron chi connectivity index (χ1n) is 12.6. The first kappa shape index (κ1) is 27.4. The lowest BCUT2D eigenvalue weighted by Gasteiger charge is -2.26. The lowest BCUT2D eigenvalue weighted by Crippen LogP contribution is -2.12. The van der Waals surface area contributed by atoms with Gasteiger partial charge in [-0.2, -0.15) is 0 Å². The van der Waals surface area contributed by atoms with Crippen LogP contribution in [0.1, 0.15) is 88.1 Å². The zero-order valence-electron chi connectivity index (χ0n) is 22.7. The second-order valence-corrected chi connectivity index (χ2v) is 10.5. The van der Waals surface area contributed by atoms with Gasteiger partial charge in [-0.3, -0.25) is 0 Å². The van der Waals surface area contributed by atoms with Crippen LogP contribution in [0, 0.1) is 19.3 Å². The third-order valence-electron chi connectivity index (χ3n) is 6.51. The van der Waals surface area contributed by atoms with Gasteiger partial charge >= 0.3 is 0 Å². The van der Waals surface area contributed by atoms with E-state index in [1.54, 1.807) is 0 Å². The maximum absolute atomic E-state index is 4.21. The van der Waals surface area contributed by atoms with E-state index in [4.69, 9.17) is 0 Å². The molecule has 1 atom stereocenters. The highest BCUT2D eigenvalue weighted by Gasteiger charge is 2.20. The van der Waals surface area contributed by atoms with Crippen molar-refractivity contribution in [1.29, 1.82) is 0 Å². The quantitative estimate of drug-likeness (QED) is 0.332. The van der Waals surface area contributed by atoms with Gasteiger partial charge in [0.25, 0.3) is 0 Å². The molecule has 0 spiro atoms. The van der Waals surface area contributed by atoms with Crippen molar-refractivity contribution in [3.05, 3.63) is 118 Å². The number of allylic oxidation sites excluding steroid dienone is 7. The zero-order chi connectivity index (χ0) is 25.3. The lowest BCUT2D eigenvalue weighted by molar-refractivity contribution is 0.501. The second-order valence-electron chi connectivity index (χ2n) is 10.5. The van der Waals surface area contributed by atoms with Gasteiger partial charge in [0.2, 0.25) is 0 Å². The fraction of sp³-hybridized carbons (Fsp3) is 0.353. The normalized spacial score (nSPS) is 14.2. The Morgan fingerprint density at radius 1 is 0.941 bits per heavy atom. The van der Waals surface area contributed by atoms with Gasteiger partial charge in [0.15, 0.2) is 0 Å². The Labute approximate surface area is 209 Å². The maximum atomic E-state index is 4.21. The Morgan fingerprint density at radius 3 is 2.26 bits per heavy atom. The molecule has 180 valence electrons. The summed E-state index contributed by atoms with van der Waals surface area (Å²) in [4.78, 5) is 0. The fourth-order valence-electron chi connectivity index (χ4n) is 4.51. The van der Waals surface area contributed by atoms with Crippen molar-refractivity contribution in [2.45, 2.75) is 74.1 Å². The molecular formula is C34H44. The van der Waals surface area contributed by atoms with Gasteiger partial charge in [-0.05, 0) is 90.8 Å². The van der Waals surface area contributed by atoms with Gasteiger partial charge in [0, 0.05) is 0 Å². The summed E-state index contributed by atoms with van der Waals surface area (Å²) in [6, 6.07) is 15.4. The van der Waals surface area contributed by atoms with E-state index in [2.05, 4.69) is 141 Å². The maximum Gasteiger partial charge on any atom is -0.0133 e. The second kappa shape index (κ2) is 12.6. The largest absolute Gasteiger partial charge is 0.0918 e. The van der Waals surface area contributed by atoms with Crippen molar-refractivity contribution in [3.63, 3.8) is 0 Å². The van der Waals surface area contributed by atoms with Gasteiger partial charge in [-0.15, -0.1) is 0 Å². The number of hydrogen-bond acceptors (Lipinski definition) is 0. The lowest BCUT2D eigenvalue weighted by atomic mass is 9.79. The Kier molecular flexibility index (Phi) is 10.1. The Hall–Kier alpha value is -2.86. The van der Waals surface area contributed by atoms with E-state index in [-0.39, 0.29) is 5.41 Å². The number of rotatable bonds is 9. The first-order valence-corrected chi connectivity index (χ1v) is 12.6. The standard InChI is InChI=1S/C34H44/c1-10-30(33(11-2)34(7,8)9)22-18-27(5)32-14-12-13-29(24-32)19-15-25(3)16-20-31-21-17-26(4)23-28(31)6/h10-17,19-21,23-24,27H,3,18,22H2,1-2,4-9H3/b19-15+,20-16-,30-10-,33-11+. The molecule has 0 fully saturated rings. The van der Waals surface area contributed by atoms with Crippen LogP contribution in [0.3, 0.4) is 0 Å². The summed E-state index contributed by atoms with van der Waals surface area (Å²) in [5.74, 6) is 0.508. The van der Waals surface area contributed by atoms with Crippen LogP contribution in [0.2, 0.25) is 0 Å². The van der Waals surface area contributed by atoms with Crippen molar-refractivity contribution in [2.24, 2.45) is 5.41 Å². The highest BCUT2D eigenvalue weighted by atomic mass is 14.2. The van der Waals surface area contributed by atoms with Crippen molar-refractivity contribution < 1.29 is 0 Å². The summed E-state index contributed by atoms with van der Waals surface area (Å²) < 4.78 is 0. The van der Waals surface area contributed by atoms with Crippen molar-refractivity contribution in [1.82, 2.24) is 0 Å². The van der Waals surface area contributed by atoms with Crippen LogP contribution in [-0.2, 0) is 0 Å². The van der Waals surface area contributed by atoms with E-state index >= 15 is 0 Å². The molecule has 0 nitrogen and oxygen atoms in total.